The van der Waals surface area contributed by atoms with Crippen LogP contribution in [0.4, 0.5) is 5.82 Å². The van der Waals surface area contributed by atoms with Gasteiger partial charge in [0.25, 0.3) is 0 Å². The largest absolute Gasteiger partial charge is 0.475 e. The van der Waals surface area contributed by atoms with Gasteiger partial charge in [0.1, 0.15) is 29.5 Å². The van der Waals surface area contributed by atoms with E-state index in [1.165, 1.54) is 17.8 Å². The molecule has 5 heterocycles. The summed E-state index contributed by atoms with van der Waals surface area (Å²) in [6, 6.07) is 5.09. The van der Waals surface area contributed by atoms with Gasteiger partial charge in [0.2, 0.25) is 0 Å². The predicted molar refractivity (Wildman–Crippen MR) is 124 cm³/mol. The molecule has 36 heavy (non-hydrogen) atoms. The van der Waals surface area contributed by atoms with Crippen LogP contribution in [0.25, 0.3) is 11.0 Å². The number of ether oxygens (including phenoxy) is 1. The van der Waals surface area contributed by atoms with Crippen LogP contribution in [-0.2, 0) is 27.7 Å². The molecule has 3 aromatic rings. The first-order valence-electron chi connectivity index (χ1n) is 11.2. The van der Waals surface area contributed by atoms with Gasteiger partial charge in [-0.05, 0) is 37.6 Å². The Kier molecular flexibility index (Phi) is 6.20. The minimum atomic E-state index is -4.09. The van der Waals surface area contributed by atoms with Crippen LogP contribution in [0.5, 0.6) is 0 Å². The van der Waals surface area contributed by atoms with Crippen LogP contribution in [0.3, 0.4) is 0 Å². The zero-order chi connectivity index (χ0) is 25.7. The lowest BCUT2D eigenvalue weighted by Crippen LogP contribution is -2.61. The number of ketones is 1. The van der Waals surface area contributed by atoms with Crippen molar-refractivity contribution < 1.29 is 37.9 Å². The highest BCUT2D eigenvalue weighted by molar-refractivity contribution is 7.48. The van der Waals surface area contributed by atoms with Gasteiger partial charge >= 0.3 is 7.82 Å². The molecule has 2 aliphatic rings. The van der Waals surface area contributed by atoms with Crippen LogP contribution in [-0.4, -0.2) is 66.0 Å². The van der Waals surface area contributed by atoms with Crippen molar-refractivity contribution in [1.29, 1.82) is 0 Å². The van der Waals surface area contributed by atoms with E-state index in [0.29, 0.717) is 17.5 Å². The Hall–Kier alpha value is -2.77. The van der Waals surface area contributed by atoms with Gasteiger partial charge in [0.15, 0.2) is 17.6 Å². The lowest BCUT2D eigenvalue weighted by atomic mass is 9.78. The maximum Gasteiger partial charge on any atom is 0.475 e. The van der Waals surface area contributed by atoms with Crippen LogP contribution >= 0.6 is 7.82 Å². The number of carbonyl (C=O) groups is 1. The summed E-state index contributed by atoms with van der Waals surface area (Å²) in [4.78, 5) is 24.7. The molecule has 2 saturated heterocycles. The number of carbonyl (C=O) groups excluding carboxylic acids is 1. The van der Waals surface area contributed by atoms with Crippen molar-refractivity contribution in [1.82, 2.24) is 19.5 Å². The highest BCUT2D eigenvalue weighted by atomic mass is 31.2. The third-order valence-electron chi connectivity index (χ3n) is 6.69. The van der Waals surface area contributed by atoms with E-state index in [1.54, 1.807) is 36.8 Å². The van der Waals surface area contributed by atoms with Gasteiger partial charge in [-0.1, -0.05) is 0 Å². The number of pyridine rings is 1. The monoisotopic (exact) mass is 519 g/mol. The van der Waals surface area contributed by atoms with E-state index in [2.05, 4.69) is 15.0 Å². The number of nitrogens with zero attached hydrogens (tertiary/aromatic N) is 4. The number of hydrogen-bond donors (Lipinski definition) is 3. The quantitative estimate of drug-likeness (QED) is 0.401. The lowest BCUT2D eigenvalue weighted by molar-refractivity contribution is -0.169. The Morgan fingerprint density at radius 3 is 2.78 bits per heavy atom. The van der Waals surface area contributed by atoms with E-state index in [-0.39, 0.29) is 12.4 Å². The number of aliphatic hydroxyl groups is 2. The van der Waals surface area contributed by atoms with Gasteiger partial charge in [-0.25, -0.2) is 14.5 Å². The third-order valence-corrected chi connectivity index (χ3v) is 8.17. The molecule has 6 atom stereocenters. The van der Waals surface area contributed by atoms with E-state index >= 15 is 0 Å². The number of phosphoric acid groups is 1. The Morgan fingerprint density at radius 2 is 2.06 bits per heavy atom. The molecular weight excluding hydrogens is 493 g/mol. The van der Waals surface area contributed by atoms with E-state index in [4.69, 9.17) is 24.0 Å². The number of fused-ring (bicyclic) bond motifs is 1. The normalized spacial score (nSPS) is 34.7. The smallest absolute Gasteiger partial charge is 0.383 e. The lowest BCUT2D eigenvalue weighted by Gasteiger charge is -2.36. The number of hydrogen-bond acceptors (Lipinski definition) is 12. The summed E-state index contributed by atoms with van der Waals surface area (Å²) in [5.74, 6) is -0.556. The van der Waals surface area contributed by atoms with Crippen molar-refractivity contribution in [2.24, 2.45) is 0 Å². The Morgan fingerprint density at radius 1 is 1.31 bits per heavy atom. The fourth-order valence-electron chi connectivity index (χ4n) is 4.70. The van der Waals surface area contributed by atoms with Crippen LogP contribution in [0.1, 0.15) is 38.2 Å². The number of rotatable bonds is 6. The average Bonchev–Trinajstić information content (AvgIpc) is 3.36. The molecule has 3 aromatic heterocycles. The molecule has 2 fully saturated rings. The van der Waals surface area contributed by atoms with Crippen LogP contribution < -0.4 is 5.73 Å². The average molecular weight is 519 g/mol. The number of nitrogen functional groups attached to an aromatic ring is 1. The SMILES string of the molecule is CC(=O)[C@@]1(O)[C@@H](CO[P@@]2(=O)OCC[C@@H](c3ccncc3)O2)O[C@@H](n2ccc3c(N)ncnc32)[C@]1(C)O. The highest BCUT2D eigenvalue weighted by Crippen LogP contribution is 2.58. The standard InChI is InChI=1S/C22H26N5O8P/c1-13(28)22(30)17(11-33-36(31)32-10-6-16(35-36)14-3-7-24-8-4-14)34-20(21(22,2)29)27-9-5-15-18(23)25-12-26-19(15)27/h3-5,7-9,12,16-17,20,29-30H,6,10-11H2,1-2H3,(H2,23,25,26)/t16-,17+,20+,21-,22+,36+/m0/s1. The van der Waals surface area contributed by atoms with Crippen molar-refractivity contribution in [2.75, 3.05) is 18.9 Å². The van der Waals surface area contributed by atoms with Crippen molar-refractivity contribution in [3.63, 3.8) is 0 Å². The first-order valence-corrected chi connectivity index (χ1v) is 12.7. The van der Waals surface area contributed by atoms with Gasteiger partial charge < -0.3 is 25.3 Å². The Bertz CT molecular complexity index is 1330. The molecule has 0 spiro atoms. The van der Waals surface area contributed by atoms with Crippen LogP contribution in [0.15, 0.2) is 43.1 Å². The second-order valence-corrected chi connectivity index (χ2v) is 10.5. The molecule has 0 amide bonds. The van der Waals surface area contributed by atoms with Gasteiger partial charge in [0.05, 0.1) is 24.7 Å². The number of Topliss-reactive ketones (excluding diaryl/α,β-unsaturated/α-hetero) is 1. The molecule has 0 bridgehead atoms. The zero-order valence-electron chi connectivity index (χ0n) is 19.6. The molecule has 0 radical (unpaired) electrons. The molecular formula is C22H26N5O8P. The minimum absolute atomic E-state index is 0.101. The molecule has 192 valence electrons. The second-order valence-electron chi connectivity index (χ2n) is 8.91. The molecule has 0 aromatic carbocycles. The second kappa shape index (κ2) is 8.96. The van der Waals surface area contributed by atoms with Gasteiger partial charge in [-0.2, -0.15) is 0 Å². The van der Waals surface area contributed by atoms with E-state index in [9.17, 15) is 19.6 Å². The fraction of sp³-hybridized carbons (Fsp3) is 0.455. The Labute approximate surface area is 205 Å². The van der Waals surface area contributed by atoms with Crippen LogP contribution in [0, 0.1) is 0 Å². The highest BCUT2D eigenvalue weighted by Gasteiger charge is 2.67. The summed E-state index contributed by atoms with van der Waals surface area (Å²) >= 11 is 0. The molecule has 2 aliphatic heterocycles. The molecule has 5 rings (SSSR count). The van der Waals surface area contributed by atoms with Gasteiger partial charge in [-0.3, -0.25) is 23.3 Å². The number of phosphoric ester groups is 1. The van der Waals surface area contributed by atoms with E-state index in [0.717, 1.165) is 12.5 Å². The van der Waals surface area contributed by atoms with E-state index < -0.39 is 49.9 Å². The number of aromatic nitrogens is 4. The summed E-state index contributed by atoms with van der Waals surface area (Å²) in [6.07, 6.45) is 3.16. The van der Waals surface area contributed by atoms with Crippen molar-refractivity contribution >= 4 is 30.5 Å². The first kappa shape index (κ1) is 24.9. The van der Waals surface area contributed by atoms with Gasteiger partial charge in [-0.15, -0.1) is 0 Å². The first-order chi connectivity index (χ1) is 17.1. The maximum atomic E-state index is 13.2. The van der Waals surface area contributed by atoms with Crippen LogP contribution in [0.2, 0.25) is 0 Å². The molecule has 0 saturated carbocycles. The fourth-order valence-corrected chi connectivity index (χ4v) is 6.08. The number of anilines is 1. The van der Waals surface area contributed by atoms with E-state index in [1.807, 2.05) is 0 Å². The van der Waals surface area contributed by atoms with Crippen molar-refractivity contribution in [3.05, 3.63) is 48.7 Å². The summed E-state index contributed by atoms with van der Waals surface area (Å²) in [5, 5.41) is 23.4. The predicted octanol–water partition coefficient (Wildman–Crippen LogP) is 1.68. The summed E-state index contributed by atoms with van der Waals surface area (Å²) in [7, 11) is -4.09. The molecule has 0 aliphatic carbocycles. The molecule has 14 heteroatoms. The topological polar surface area (TPSA) is 181 Å². The maximum absolute atomic E-state index is 13.2. The molecule has 4 N–H and O–H groups in total. The number of nitrogens with two attached hydrogens (primary N) is 1. The van der Waals surface area contributed by atoms with Gasteiger partial charge in [0, 0.05) is 25.0 Å². The summed E-state index contributed by atoms with van der Waals surface area (Å²) in [5.41, 5.74) is 2.42. The Balaban J connectivity index is 1.41. The molecule has 0 unspecified atom stereocenters. The summed E-state index contributed by atoms with van der Waals surface area (Å²) < 4.78 is 37.1. The van der Waals surface area contributed by atoms with Crippen molar-refractivity contribution in [3.8, 4) is 0 Å². The summed E-state index contributed by atoms with van der Waals surface area (Å²) in [6.45, 7) is 1.92. The van der Waals surface area contributed by atoms with Crippen molar-refractivity contribution in [2.45, 2.75) is 49.9 Å². The third kappa shape index (κ3) is 3.93. The minimum Gasteiger partial charge on any atom is -0.383 e. The zero-order valence-corrected chi connectivity index (χ0v) is 20.4. The molecule has 13 nitrogen and oxygen atoms in total.